The van der Waals surface area contributed by atoms with Crippen LogP contribution in [0.3, 0.4) is 0 Å². The van der Waals surface area contributed by atoms with Crippen molar-refractivity contribution in [2.45, 2.75) is 65.7 Å². The minimum atomic E-state index is -2.96. The van der Waals surface area contributed by atoms with E-state index in [0.29, 0.717) is 0 Å². The zero-order valence-electron chi connectivity index (χ0n) is 18.7. The third-order valence-corrected chi connectivity index (χ3v) is 9.83. The molecule has 1 aliphatic heterocycles. The van der Waals surface area contributed by atoms with Crippen LogP contribution >= 0.6 is 7.59 Å². The maximum atomic E-state index is 15.1. The molecule has 1 saturated heterocycles. The largest absolute Gasteiger partial charge is 0.288 e. The summed E-state index contributed by atoms with van der Waals surface area (Å²) in [4.78, 5) is 0. The van der Waals surface area contributed by atoms with E-state index in [-0.39, 0.29) is 24.2 Å². The summed E-state index contributed by atoms with van der Waals surface area (Å²) in [5, 5.41) is 0. The van der Waals surface area contributed by atoms with E-state index >= 15 is 4.57 Å². The van der Waals surface area contributed by atoms with Crippen molar-refractivity contribution in [3.63, 3.8) is 0 Å². The highest BCUT2D eigenvalue weighted by Crippen LogP contribution is 2.71. The Morgan fingerprint density at radius 2 is 1.10 bits per heavy atom. The lowest BCUT2D eigenvalue weighted by Crippen LogP contribution is -2.42. The van der Waals surface area contributed by atoms with Crippen LogP contribution in [0.2, 0.25) is 0 Å². The fourth-order valence-electron chi connectivity index (χ4n) is 5.03. The number of benzene rings is 2. The van der Waals surface area contributed by atoms with E-state index in [1.165, 1.54) is 11.1 Å². The summed E-state index contributed by atoms with van der Waals surface area (Å²) in [5.74, 6) is 0. The smallest absolute Gasteiger partial charge is 0.270 e. The summed E-state index contributed by atoms with van der Waals surface area (Å²) in [7, 11) is -2.96. The molecule has 1 fully saturated rings. The van der Waals surface area contributed by atoms with Gasteiger partial charge in [0, 0.05) is 25.2 Å². The van der Waals surface area contributed by atoms with Crippen molar-refractivity contribution in [1.29, 1.82) is 0 Å². The summed E-state index contributed by atoms with van der Waals surface area (Å²) in [6, 6.07) is 21.7. The van der Waals surface area contributed by atoms with Crippen LogP contribution in [0.5, 0.6) is 0 Å². The highest BCUT2D eigenvalue weighted by atomic mass is 31.2. The second-order valence-electron chi connectivity index (χ2n) is 8.30. The van der Waals surface area contributed by atoms with Gasteiger partial charge in [-0.1, -0.05) is 74.5 Å². The molecule has 2 atom stereocenters. The first-order chi connectivity index (χ1) is 13.9. The lowest BCUT2D eigenvalue weighted by Gasteiger charge is -2.43. The summed E-state index contributed by atoms with van der Waals surface area (Å²) in [5.41, 5.74) is 2.46. The van der Waals surface area contributed by atoms with Crippen LogP contribution in [-0.4, -0.2) is 39.2 Å². The van der Waals surface area contributed by atoms with Gasteiger partial charge in [-0.2, -0.15) is 0 Å². The Morgan fingerprint density at radius 3 is 1.38 bits per heavy atom. The van der Waals surface area contributed by atoms with Crippen LogP contribution in [0.1, 0.15) is 64.8 Å². The Kier molecular flexibility index (Phi) is 7.01. The van der Waals surface area contributed by atoms with Gasteiger partial charge >= 0.3 is 0 Å². The average molecular weight is 414 g/mol. The minimum absolute atomic E-state index is 0.0504. The summed E-state index contributed by atoms with van der Waals surface area (Å²) in [6.45, 7) is 14.4. The van der Waals surface area contributed by atoms with E-state index in [1.54, 1.807) is 0 Å². The van der Waals surface area contributed by atoms with Crippen molar-refractivity contribution in [3.05, 3.63) is 71.8 Å². The van der Waals surface area contributed by atoms with Crippen molar-refractivity contribution in [3.8, 4) is 0 Å². The fraction of sp³-hybridized carbons (Fsp3) is 0.500. The molecule has 0 unspecified atom stereocenters. The number of hydrogen-bond acceptors (Lipinski definition) is 1. The molecule has 0 spiro atoms. The number of likely N-dealkylation sites (N-methyl/N-ethyl adjacent to an activating group) is 2. The first kappa shape index (κ1) is 22.2. The van der Waals surface area contributed by atoms with Gasteiger partial charge in [-0.3, -0.25) is 4.57 Å². The van der Waals surface area contributed by atoms with Crippen molar-refractivity contribution < 1.29 is 4.57 Å². The molecule has 0 radical (unpaired) electrons. The average Bonchev–Trinajstić information content (AvgIpc) is 2.96. The molecule has 5 heteroatoms. The normalized spacial score (nSPS) is 22.8. The van der Waals surface area contributed by atoms with Gasteiger partial charge < -0.3 is 0 Å². The molecule has 2 aromatic rings. The highest BCUT2D eigenvalue weighted by Gasteiger charge is 2.58. The van der Waals surface area contributed by atoms with Crippen LogP contribution in [0.15, 0.2) is 60.7 Å². The Balaban J connectivity index is 2.26. The van der Waals surface area contributed by atoms with Crippen LogP contribution < -0.4 is 0 Å². The molecule has 0 N–H and O–H groups in total. The molecular weight excluding hydrogens is 377 g/mol. The molecule has 0 amide bonds. The highest BCUT2D eigenvalue weighted by molar-refractivity contribution is 7.57. The van der Waals surface area contributed by atoms with Crippen LogP contribution in [0.4, 0.5) is 0 Å². The number of nitrogens with zero attached hydrogens (tertiary/aromatic N) is 3. The third kappa shape index (κ3) is 3.84. The second kappa shape index (κ2) is 9.14. The molecule has 0 saturated carbocycles. The summed E-state index contributed by atoms with van der Waals surface area (Å²) >= 11 is 0. The van der Waals surface area contributed by atoms with Gasteiger partial charge in [0.15, 0.2) is 0 Å². The van der Waals surface area contributed by atoms with Crippen molar-refractivity contribution in [2.24, 2.45) is 0 Å². The van der Waals surface area contributed by atoms with Gasteiger partial charge in [-0.25, -0.2) is 14.0 Å². The molecule has 4 nitrogen and oxygen atoms in total. The predicted octanol–water partition coefficient (Wildman–Crippen LogP) is 6.35. The van der Waals surface area contributed by atoms with E-state index < -0.39 is 7.59 Å². The molecular formula is C24H36N3OP. The summed E-state index contributed by atoms with van der Waals surface area (Å²) < 4.78 is 21.9. The Bertz CT molecular complexity index is 759. The topological polar surface area (TPSA) is 26.8 Å². The number of hydrogen-bond donors (Lipinski definition) is 0. The minimum Gasteiger partial charge on any atom is -0.270 e. The van der Waals surface area contributed by atoms with Gasteiger partial charge in [0.1, 0.15) is 0 Å². The van der Waals surface area contributed by atoms with Gasteiger partial charge in [-0.05, 0) is 38.8 Å². The van der Waals surface area contributed by atoms with E-state index in [9.17, 15) is 0 Å². The zero-order chi connectivity index (χ0) is 21.2. The fourth-order valence-corrected chi connectivity index (χ4v) is 8.97. The van der Waals surface area contributed by atoms with Gasteiger partial charge in [0.05, 0.1) is 12.1 Å². The maximum Gasteiger partial charge on any atom is 0.288 e. The first-order valence-corrected chi connectivity index (χ1v) is 12.5. The predicted molar refractivity (Wildman–Crippen MR) is 123 cm³/mol. The second-order valence-corrected chi connectivity index (χ2v) is 10.8. The molecule has 2 aromatic carbocycles. The molecule has 0 aliphatic carbocycles. The van der Waals surface area contributed by atoms with Crippen molar-refractivity contribution >= 4 is 7.59 Å². The molecule has 1 heterocycles. The van der Waals surface area contributed by atoms with Crippen molar-refractivity contribution in [2.75, 3.05) is 13.1 Å². The van der Waals surface area contributed by atoms with Crippen LogP contribution in [-0.2, 0) is 4.57 Å². The van der Waals surface area contributed by atoms with Gasteiger partial charge in [0.2, 0.25) is 0 Å². The van der Waals surface area contributed by atoms with Gasteiger partial charge in [0.25, 0.3) is 7.59 Å². The van der Waals surface area contributed by atoms with E-state index in [2.05, 4.69) is 116 Å². The van der Waals surface area contributed by atoms with E-state index in [1.807, 2.05) is 0 Å². The Hall–Kier alpha value is -1.45. The van der Waals surface area contributed by atoms with Gasteiger partial charge in [-0.15, -0.1) is 0 Å². The van der Waals surface area contributed by atoms with E-state index in [0.717, 1.165) is 13.1 Å². The Labute approximate surface area is 177 Å². The molecule has 0 bridgehead atoms. The maximum absolute atomic E-state index is 15.1. The number of rotatable bonds is 7. The van der Waals surface area contributed by atoms with Crippen molar-refractivity contribution in [1.82, 2.24) is 14.0 Å². The quantitative estimate of drug-likeness (QED) is 0.494. The molecule has 158 valence electrons. The molecule has 1 aliphatic rings. The standard InChI is InChI=1S/C24H36N3OP/c1-7-25-23(21-15-11-9-12-16-21)24(22-17-13-10-14-18-22)26(8-2)29(25,28)27(19(3)4)20(5)6/h9-20,23-24H,7-8H2,1-6H3/t23-,24-/m0/s1. The van der Waals surface area contributed by atoms with Crippen LogP contribution in [0, 0.1) is 0 Å². The summed E-state index contributed by atoms with van der Waals surface area (Å²) in [6.07, 6.45) is 0. The zero-order valence-corrected chi connectivity index (χ0v) is 19.6. The monoisotopic (exact) mass is 413 g/mol. The molecule has 0 aromatic heterocycles. The molecule has 29 heavy (non-hydrogen) atoms. The lowest BCUT2D eigenvalue weighted by molar-refractivity contribution is 0.249. The molecule has 3 rings (SSSR count). The van der Waals surface area contributed by atoms with Crippen LogP contribution in [0.25, 0.3) is 0 Å². The lowest BCUT2D eigenvalue weighted by atomic mass is 9.93. The first-order valence-electron chi connectivity index (χ1n) is 10.9. The Morgan fingerprint density at radius 1 is 0.759 bits per heavy atom. The third-order valence-electron chi connectivity index (χ3n) is 5.90. The van der Waals surface area contributed by atoms with E-state index in [4.69, 9.17) is 0 Å². The SMILES string of the molecule is CCN1[C@@H](c2ccccc2)[C@H](c2ccccc2)N(CC)P1(=O)N(C(C)C)C(C)C.